The number of carboxylic acid groups (broad SMARTS) is 1. The molecule has 1 amide bonds. The molecule has 2 heterocycles. The van der Waals surface area contributed by atoms with Crippen LogP contribution in [0, 0.1) is 6.92 Å². The zero-order valence-electron chi connectivity index (χ0n) is 20.8. The van der Waals surface area contributed by atoms with Gasteiger partial charge in [-0.3, -0.25) is 4.79 Å². The van der Waals surface area contributed by atoms with Gasteiger partial charge < -0.3 is 32.5 Å². The molecule has 0 unspecified atom stereocenters. The van der Waals surface area contributed by atoms with Crippen LogP contribution in [0.15, 0.2) is 54.7 Å². The summed E-state index contributed by atoms with van der Waals surface area (Å²) < 4.78 is 0. The molecule has 0 aliphatic rings. The van der Waals surface area contributed by atoms with E-state index in [9.17, 15) is 14.7 Å². The molecule has 8 N–H and O–H groups in total. The van der Waals surface area contributed by atoms with Gasteiger partial charge in [-0.25, -0.2) is 14.8 Å². The summed E-state index contributed by atoms with van der Waals surface area (Å²) in [6.07, 6.45) is 2.44. The van der Waals surface area contributed by atoms with Crippen molar-refractivity contribution in [3.8, 4) is 0 Å². The monoisotopic (exact) mass is 515 g/mol. The summed E-state index contributed by atoms with van der Waals surface area (Å²) in [6, 6.07) is 13.7. The number of carbonyl (C=O) groups excluding carboxylic acids is 1. The molecule has 0 bridgehead atoms. The highest BCUT2D eigenvalue weighted by Crippen LogP contribution is 2.16. The summed E-state index contributed by atoms with van der Waals surface area (Å²) >= 11 is 0. The van der Waals surface area contributed by atoms with Gasteiger partial charge in [0.05, 0.1) is 18.4 Å². The number of nitrogens with zero attached hydrogens (tertiary/aromatic N) is 4. The number of benzene rings is 2. The van der Waals surface area contributed by atoms with Crippen molar-refractivity contribution in [3.05, 3.63) is 71.5 Å². The first kappa shape index (κ1) is 26.1. The molecule has 0 radical (unpaired) electrons. The van der Waals surface area contributed by atoms with Gasteiger partial charge in [-0.1, -0.05) is 17.7 Å². The van der Waals surface area contributed by atoms with E-state index in [-0.39, 0.29) is 11.8 Å². The predicted molar refractivity (Wildman–Crippen MR) is 146 cm³/mol. The van der Waals surface area contributed by atoms with E-state index >= 15 is 0 Å². The van der Waals surface area contributed by atoms with Crippen LogP contribution in [0.5, 0.6) is 0 Å². The van der Waals surface area contributed by atoms with Crippen LogP contribution >= 0.6 is 0 Å². The number of nitrogens with two attached hydrogens (primary N) is 2. The number of aryl methyl sites for hydroxylation is 1. The van der Waals surface area contributed by atoms with Gasteiger partial charge >= 0.3 is 5.97 Å². The molecule has 196 valence electrons. The maximum atomic E-state index is 12.7. The van der Waals surface area contributed by atoms with Gasteiger partial charge in [-0.15, -0.1) is 0 Å². The van der Waals surface area contributed by atoms with E-state index in [0.29, 0.717) is 48.4 Å². The van der Waals surface area contributed by atoms with Crippen LogP contribution in [0.2, 0.25) is 0 Å². The molecule has 0 aliphatic carbocycles. The Labute approximate surface area is 218 Å². The second-order valence-electron chi connectivity index (χ2n) is 8.73. The summed E-state index contributed by atoms with van der Waals surface area (Å²) in [6.45, 7) is 2.95. The predicted octanol–water partition coefficient (Wildman–Crippen LogP) is 2.58. The van der Waals surface area contributed by atoms with Crippen molar-refractivity contribution >= 4 is 46.2 Å². The van der Waals surface area contributed by atoms with E-state index in [0.717, 1.165) is 11.4 Å². The van der Waals surface area contributed by atoms with Gasteiger partial charge in [-0.2, -0.15) is 9.97 Å². The van der Waals surface area contributed by atoms with Gasteiger partial charge in [0.15, 0.2) is 17.0 Å². The summed E-state index contributed by atoms with van der Waals surface area (Å²) in [5.41, 5.74) is 16.0. The minimum absolute atomic E-state index is 0.0316. The second kappa shape index (κ2) is 11.8. The quantitative estimate of drug-likeness (QED) is 0.161. The Hall–Kier alpha value is -5.00. The fourth-order valence-corrected chi connectivity index (χ4v) is 3.71. The first-order valence-electron chi connectivity index (χ1n) is 12.0. The molecule has 38 heavy (non-hydrogen) atoms. The van der Waals surface area contributed by atoms with Gasteiger partial charge in [0.2, 0.25) is 5.95 Å². The zero-order chi connectivity index (χ0) is 27.1. The van der Waals surface area contributed by atoms with Crippen molar-refractivity contribution in [2.45, 2.75) is 32.4 Å². The number of anilines is 4. The number of nitrogen functional groups attached to an aromatic ring is 2. The fraction of sp³-hybridized carbons (Fsp3) is 0.231. The third-order valence-electron chi connectivity index (χ3n) is 5.78. The molecule has 0 saturated heterocycles. The van der Waals surface area contributed by atoms with Crippen LogP contribution in [0.4, 0.5) is 23.1 Å². The maximum absolute atomic E-state index is 12.7. The Morgan fingerprint density at radius 3 is 2.34 bits per heavy atom. The van der Waals surface area contributed by atoms with E-state index < -0.39 is 17.9 Å². The van der Waals surface area contributed by atoms with Gasteiger partial charge in [0.1, 0.15) is 6.04 Å². The number of rotatable bonds is 11. The number of nitrogens with one attached hydrogen (secondary N) is 3. The SMILES string of the molecule is Cc1ccc(NCCC[C@H](NC(=O)c2ccc(NCc3cnc4nc(N)nc(N)c4n3)cc2)C(=O)O)cc1. The molecule has 0 saturated carbocycles. The maximum Gasteiger partial charge on any atom is 0.326 e. The van der Waals surface area contributed by atoms with E-state index in [2.05, 4.69) is 35.9 Å². The Balaban J connectivity index is 1.28. The van der Waals surface area contributed by atoms with E-state index in [4.69, 9.17) is 11.5 Å². The average molecular weight is 516 g/mol. The van der Waals surface area contributed by atoms with Crippen LogP contribution in [0.3, 0.4) is 0 Å². The lowest BCUT2D eigenvalue weighted by Gasteiger charge is -2.15. The number of fused-ring (bicyclic) bond motifs is 1. The summed E-state index contributed by atoms with van der Waals surface area (Å²) in [5.74, 6) is -1.34. The van der Waals surface area contributed by atoms with Gasteiger partial charge in [0, 0.05) is 23.5 Å². The Bertz CT molecular complexity index is 1430. The Kier molecular flexibility index (Phi) is 8.11. The van der Waals surface area contributed by atoms with Crippen LogP contribution in [0.1, 0.15) is 34.5 Å². The first-order valence-corrected chi connectivity index (χ1v) is 12.0. The summed E-state index contributed by atoms with van der Waals surface area (Å²) in [5, 5.41) is 18.6. The van der Waals surface area contributed by atoms with Crippen molar-refractivity contribution in [2.75, 3.05) is 28.6 Å². The molecular formula is C26H29N9O3. The first-order chi connectivity index (χ1) is 18.3. The highest BCUT2D eigenvalue weighted by atomic mass is 16.4. The van der Waals surface area contributed by atoms with E-state index in [1.165, 1.54) is 5.56 Å². The minimum Gasteiger partial charge on any atom is -0.480 e. The molecule has 0 aliphatic heterocycles. The Morgan fingerprint density at radius 2 is 1.63 bits per heavy atom. The molecule has 12 nitrogen and oxygen atoms in total. The fourth-order valence-electron chi connectivity index (χ4n) is 3.71. The lowest BCUT2D eigenvalue weighted by atomic mass is 10.1. The largest absolute Gasteiger partial charge is 0.480 e. The second-order valence-corrected chi connectivity index (χ2v) is 8.73. The van der Waals surface area contributed by atoms with Crippen LogP contribution in [-0.2, 0) is 11.3 Å². The van der Waals surface area contributed by atoms with Gasteiger partial charge in [-0.05, 0) is 56.2 Å². The Morgan fingerprint density at radius 1 is 0.947 bits per heavy atom. The lowest BCUT2D eigenvalue weighted by molar-refractivity contribution is -0.139. The highest BCUT2D eigenvalue weighted by molar-refractivity contribution is 5.96. The molecular weight excluding hydrogens is 486 g/mol. The number of aromatic nitrogens is 4. The standard InChI is InChI=1S/C26H29N9O3/c1-15-4-8-17(9-5-15)29-12-2-3-20(25(37)38)33-24(36)16-6-10-18(11-7-16)30-13-19-14-31-23-21(32-19)22(27)34-26(28)35-23/h4-11,14,20,29-30H,2-3,12-13H2,1H3,(H,33,36)(H,37,38)(H4,27,28,31,34,35)/t20-/m0/s1. The van der Waals surface area contributed by atoms with Crippen LogP contribution in [0.25, 0.3) is 11.2 Å². The third-order valence-corrected chi connectivity index (χ3v) is 5.78. The number of aliphatic carboxylic acids is 1. The summed E-state index contributed by atoms with van der Waals surface area (Å²) in [7, 11) is 0. The molecule has 4 aromatic rings. The van der Waals surface area contributed by atoms with E-state index in [1.54, 1.807) is 30.5 Å². The van der Waals surface area contributed by atoms with Crippen molar-refractivity contribution in [1.82, 2.24) is 25.3 Å². The molecule has 0 fully saturated rings. The number of carbonyl (C=O) groups is 2. The van der Waals surface area contributed by atoms with Gasteiger partial charge in [0.25, 0.3) is 5.91 Å². The number of hydrogen-bond acceptors (Lipinski definition) is 10. The van der Waals surface area contributed by atoms with Crippen molar-refractivity contribution in [2.24, 2.45) is 0 Å². The number of carboxylic acids is 1. The molecule has 2 aromatic heterocycles. The lowest BCUT2D eigenvalue weighted by Crippen LogP contribution is -2.41. The van der Waals surface area contributed by atoms with Crippen molar-refractivity contribution in [1.29, 1.82) is 0 Å². The average Bonchev–Trinajstić information content (AvgIpc) is 2.90. The number of amides is 1. The molecule has 0 spiro atoms. The number of hydrogen-bond donors (Lipinski definition) is 6. The molecule has 12 heteroatoms. The molecule has 2 aromatic carbocycles. The molecule has 4 rings (SSSR count). The minimum atomic E-state index is -1.07. The highest BCUT2D eigenvalue weighted by Gasteiger charge is 2.20. The van der Waals surface area contributed by atoms with Crippen molar-refractivity contribution < 1.29 is 14.7 Å². The van der Waals surface area contributed by atoms with Crippen LogP contribution < -0.4 is 27.4 Å². The summed E-state index contributed by atoms with van der Waals surface area (Å²) in [4.78, 5) is 40.9. The smallest absolute Gasteiger partial charge is 0.326 e. The van der Waals surface area contributed by atoms with Crippen molar-refractivity contribution in [3.63, 3.8) is 0 Å². The van der Waals surface area contributed by atoms with Crippen LogP contribution in [-0.4, -0.2) is 49.5 Å². The third kappa shape index (κ3) is 6.81. The topological polar surface area (TPSA) is 194 Å². The van der Waals surface area contributed by atoms with E-state index in [1.807, 2.05) is 31.2 Å². The normalized spacial score (nSPS) is 11.6. The molecule has 1 atom stereocenters. The zero-order valence-corrected chi connectivity index (χ0v) is 20.8.